The first-order valence-corrected chi connectivity index (χ1v) is 7.13. The summed E-state index contributed by atoms with van der Waals surface area (Å²) in [6, 6.07) is 15.4. The zero-order chi connectivity index (χ0) is 14.7. The van der Waals surface area contributed by atoms with Crippen LogP contribution in [0.25, 0.3) is 0 Å². The summed E-state index contributed by atoms with van der Waals surface area (Å²) in [7, 11) is 0. The quantitative estimate of drug-likeness (QED) is 0.904. The Morgan fingerprint density at radius 1 is 1.00 bits per heavy atom. The van der Waals surface area contributed by atoms with Gasteiger partial charge in [-0.3, -0.25) is 0 Å². The molecule has 0 fully saturated rings. The Labute approximate surface area is 124 Å². The van der Waals surface area contributed by atoms with Gasteiger partial charge in [-0.05, 0) is 11.6 Å². The van der Waals surface area contributed by atoms with Crippen molar-refractivity contribution in [1.29, 1.82) is 0 Å². The number of nitrogens with two attached hydrogens (primary N) is 1. The first-order chi connectivity index (χ1) is 10.3. The lowest BCUT2D eigenvalue weighted by atomic mass is 9.88. The molecule has 1 heterocycles. The fourth-order valence-electron chi connectivity index (χ4n) is 2.69. The summed E-state index contributed by atoms with van der Waals surface area (Å²) in [5.74, 6) is 1.13. The molecule has 0 saturated heterocycles. The van der Waals surface area contributed by atoms with Crippen LogP contribution >= 0.6 is 0 Å². The van der Waals surface area contributed by atoms with Gasteiger partial charge in [0.05, 0.1) is 6.10 Å². The van der Waals surface area contributed by atoms with Crippen LogP contribution in [0.1, 0.15) is 23.1 Å². The molecule has 4 nitrogen and oxygen atoms in total. The Bertz CT molecular complexity index is 600. The van der Waals surface area contributed by atoms with Gasteiger partial charge in [-0.1, -0.05) is 42.5 Å². The van der Waals surface area contributed by atoms with Crippen molar-refractivity contribution in [3.63, 3.8) is 0 Å². The van der Waals surface area contributed by atoms with Crippen molar-refractivity contribution < 1.29 is 14.6 Å². The molecule has 1 aliphatic heterocycles. The summed E-state index contributed by atoms with van der Waals surface area (Å²) >= 11 is 0. The van der Waals surface area contributed by atoms with E-state index in [9.17, 15) is 5.11 Å². The Balaban J connectivity index is 1.96. The van der Waals surface area contributed by atoms with E-state index in [1.165, 1.54) is 0 Å². The van der Waals surface area contributed by atoms with Gasteiger partial charge in [0.15, 0.2) is 11.5 Å². The second kappa shape index (κ2) is 6.16. The van der Waals surface area contributed by atoms with Gasteiger partial charge in [-0.25, -0.2) is 0 Å². The lowest BCUT2D eigenvalue weighted by Gasteiger charge is -2.27. The largest absolute Gasteiger partial charge is 0.486 e. The van der Waals surface area contributed by atoms with Gasteiger partial charge in [-0.15, -0.1) is 0 Å². The maximum Gasteiger partial charge on any atom is 0.167 e. The topological polar surface area (TPSA) is 64.7 Å². The minimum absolute atomic E-state index is 0.178. The Morgan fingerprint density at radius 3 is 2.52 bits per heavy atom. The molecule has 0 aromatic heterocycles. The highest BCUT2D eigenvalue weighted by Crippen LogP contribution is 2.41. The van der Waals surface area contributed by atoms with Gasteiger partial charge >= 0.3 is 0 Å². The standard InChI is InChI=1S/C17H19NO3/c18-11-14(12-5-2-1-3-6-12)16(19)13-7-4-8-15-17(13)21-10-9-20-15/h1-8,14,16,19H,9-11,18H2. The molecule has 21 heavy (non-hydrogen) atoms. The van der Waals surface area contributed by atoms with Crippen molar-refractivity contribution in [2.24, 2.45) is 5.73 Å². The molecule has 0 saturated carbocycles. The predicted molar refractivity (Wildman–Crippen MR) is 80.6 cm³/mol. The first kappa shape index (κ1) is 13.9. The minimum atomic E-state index is -0.728. The van der Waals surface area contributed by atoms with E-state index in [4.69, 9.17) is 15.2 Å². The van der Waals surface area contributed by atoms with Gasteiger partial charge < -0.3 is 20.3 Å². The van der Waals surface area contributed by atoms with E-state index in [-0.39, 0.29) is 5.92 Å². The number of aliphatic hydroxyl groups is 1. The lowest BCUT2D eigenvalue weighted by Crippen LogP contribution is -2.22. The number of ether oxygens (including phenoxy) is 2. The summed E-state index contributed by atoms with van der Waals surface area (Å²) in [5, 5.41) is 10.8. The molecule has 0 bridgehead atoms. The summed E-state index contributed by atoms with van der Waals surface area (Å²) in [5.41, 5.74) is 7.63. The Kier molecular flexibility index (Phi) is 4.08. The van der Waals surface area contributed by atoms with Crippen LogP contribution in [0, 0.1) is 0 Å². The summed E-state index contributed by atoms with van der Waals surface area (Å²) in [4.78, 5) is 0. The van der Waals surface area contributed by atoms with E-state index >= 15 is 0 Å². The molecule has 2 aromatic rings. The van der Waals surface area contributed by atoms with Crippen molar-refractivity contribution in [3.8, 4) is 11.5 Å². The van der Waals surface area contributed by atoms with Crippen molar-refractivity contribution in [3.05, 3.63) is 59.7 Å². The van der Waals surface area contributed by atoms with Crippen molar-refractivity contribution in [1.82, 2.24) is 0 Å². The molecule has 0 amide bonds. The summed E-state index contributed by atoms with van der Waals surface area (Å²) in [6.45, 7) is 1.39. The second-order valence-corrected chi connectivity index (χ2v) is 5.07. The predicted octanol–water partition coefficient (Wildman–Crippen LogP) is 2.23. The third-order valence-electron chi connectivity index (χ3n) is 3.78. The third-order valence-corrected chi connectivity index (χ3v) is 3.78. The summed E-state index contributed by atoms with van der Waals surface area (Å²) < 4.78 is 11.2. The lowest BCUT2D eigenvalue weighted by molar-refractivity contribution is 0.129. The highest BCUT2D eigenvalue weighted by Gasteiger charge is 2.27. The molecule has 3 N–H and O–H groups in total. The van der Waals surface area contributed by atoms with E-state index in [1.807, 2.05) is 48.5 Å². The van der Waals surface area contributed by atoms with E-state index in [0.717, 1.165) is 11.1 Å². The molecule has 0 aliphatic carbocycles. The average Bonchev–Trinajstić information content (AvgIpc) is 2.56. The number of benzene rings is 2. The zero-order valence-corrected chi connectivity index (χ0v) is 11.7. The van der Waals surface area contributed by atoms with Crippen LogP contribution in [0.2, 0.25) is 0 Å². The maximum atomic E-state index is 10.8. The zero-order valence-electron chi connectivity index (χ0n) is 11.7. The van der Waals surface area contributed by atoms with Crippen LogP contribution in [0.3, 0.4) is 0 Å². The monoisotopic (exact) mass is 285 g/mol. The molecule has 0 radical (unpaired) electrons. The summed E-state index contributed by atoms with van der Waals surface area (Å²) in [6.07, 6.45) is -0.728. The highest BCUT2D eigenvalue weighted by atomic mass is 16.6. The number of rotatable bonds is 4. The number of hydrogen-bond donors (Lipinski definition) is 2. The Hall–Kier alpha value is -2.04. The number of aliphatic hydroxyl groups excluding tert-OH is 1. The van der Waals surface area contributed by atoms with E-state index < -0.39 is 6.10 Å². The van der Waals surface area contributed by atoms with Crippen LogP contribution in [-0.4, -0.2) is 24.9 Å². The Morgan fingerprint density at radius 2 is 1.76 bits per heavy atom. The molecule has 1 aliphatic rings. The minimum Gasteiger partial charge on any atom is -0.486 e. The fraction of sp³-hybridized carbons (Fsp3) is 0.294. The smallest absolute Gasteiger partial charge is 0.167 e. The normalized spacial score (nSPS) is 16.3. The van der Waals surface area contributed by atoms with Gasteiger partial charge in [0.25, 0.3) is 0 Å². The van der Waals surface area contributed by atoms with Gasteiger partial charge in [0, 0.05) is 18.0 Å². The van der Waals surface area contributed by atoms with Crippen LogP contribution in [0.5, 0.6) is 11.5 Å². The van der Waals surface area contributed by atoms with Crippen LogP contribution in [0.4, 0.5) is 0 Å². The van der Waals surface area contributed by atoms with Crippen molar-refractivity contribution >= 4 is 0 Å². The number of para-hydroxylation sites is 1. The van der Waals surface area contributed by atoms with E-state index in [2.05, 4.69) is 0 Å². The van der Waals surface area contributed by atoms with E-state index in [0.29, 0.717) is 31.3 Å². The molecule has 3 rings (SSSR count). The second-order valence-electron chi connectivity index (χ2n) is 5.07. The van der Waals surface area contributed by atoms with Gasteiger partial charge in [0.2, 0.25) is 0 Å². The molecule has 0 spiro atoms. The fourth-order valence-corrected chi connectivity index (χ4v) is 2.69. The number of fused-ring (bicyclic) bond motifs is 1. The molecule has 2 atom stereocenters. The molecular formula is C17H19NO3. The molecular weight excluding hydrogens is 266 g/mol. The maximum absolute atomic E-state index is 10.8. The van der Waals surface area contributed by atoms with Crippen LogP contribution in [-0.2, 0) is 0 Å². The molecule has 110 valence electrons. The highest BCUT2D eigenvalue weighted by molar-refractivity contribution is 5.49. The molecule has 2 unspecified atom stereocenters. The first-order valence-electron chi connectivity index (χ1n) is 7.13. The molecule has 4 heteroatoms. The number of hydrogen-bond acceptors (Lipinski definition) is 4. The average molecular weight is 285 g/mol. The SMILES string of the molecule is NCC(c1ccccc1)C(O)c1cccc2c1OCCO2. The molecule has 2 aromatic carbocycles. The van der Waals surface area contributed by atoms with Gasteiger partial charge in [0.1, 0.15) is 13.2 Å². The van der Waals surface area contributed by atoms with Crippen molar-refractivity contribution in [2.75, 3.05) is 19.8 Å². The van der Waals surface area contributed by atoms with E-state index in [1.54, 1.807) is 0 Å². The third kappa shape index (κ3) is 2.73. The van der Waals surface area contributed by atoms with Crippen molar-refractivity contribution in [2.45, 2.75) is 12.0 Å². The van der Waals surface area contributed by atoms with Gasteiger partial charge in [-0.2, -0.15) is 0 Å². The van der Waals surface area contributed by atoms with Crippen LogP contribution < -0.4 is 15.2 Å². The van der Waals surface area contributed by atoms with Crippen LogP contribution in [0.15, 0.2) is 48.5 Å².